The lowest BCUT2D eigenvalue weighted by Crippen LogP contribution is -2.16. The van der Waals surface area contributed by atoms with E-state index in [1.165, 1.54) is 0 Å². The standard InChI is InChI=1S/C13H17N5O/c1-3-9(2)10-6-4-5-7-11(10)14-13(19)8-12-15-17-18-16-12/h4-7,9H,3,8H2,1-2H3,(H,14,19)(H,15,16,17,18). The maximum absolute atomic E-state index is 11.9. The molecule has 0 fully saturated rings. The van der Waals surface area contributed by atoms with E-state index in [0.717, 1.165) is 17.7 Å². The van der Waals surface area contributed by atoms with Crippen LogP contribution >= 0.6 is 0 Å². The number of carbonyl (C=O) groups is 1. The average molecular weight is 259 g/mol. The largest absolute Gasteiger partial charge is 0.325 e. The van der Waals surface area contributed by atoms with E-state index in [4.69, 9.17) is 0 Å². The number of aromatic nitrogens is 4. The number of aromatic amines is 1. The SMILES string of the molecule is CCC(C)c1ccccc1NC(=O)Cc1nn[nH]n1. The van der Waals surface area contributed by atoms with Crippen LogP contribution in [0.25, 0.3) is 0 Å². The second-order valence-electron chi connectivity index (χ2n) is 4.45. The first kappa shape index (κ1) is 13.2. The molecular weight excluding hydrogens is 242 g/mol. The number of benzene rings is 1. The first-order valence-electron chi connectivity index (χ1n) is 6.31. The van der Waals surface area contributed by atoms with Crippen molar-refractivity contribution in [3.63, 3.8) is 0 Å². The summed E-state index contributed by atoms with van der Waals surface area (Å²) in [5.74, 6) is 0.650. The minimum atomic E-state index is -0.142. The molecule has 6 nitrogen and oxygen atoms in total. The van der Waals surface area contributed by atoms with Crippen LogP contribution in [-0.2, 0) is 11.2 Å². The van der Waals surface area contributed by atoms with Crippen molar-refractivity contribution >= 4 is 11.6 Å². The zero-order valence-electron chi connectivity index (χ0n) is 11.1. The van der Waals surface area contributed by atoms with Gasteiger partial charge in [-0.05, 0) is 24.0 Å². The molecule has 0 aliphatic rings. The molecule has 0 saturated carbocycles. The van der Waals surface area contributed by atoms with Gasteiger partial charge in [0.1, 0.15) is 0 Å². The second-order valence-corrected chi connectivity index (χ2v) is 4.45. The number of amides is 1. The molecule has 0 saturated heterocycles. The summed E-state index contributed by atoms with van der Waals surface area (Å²) in [6.45, 7) is 4.27. The zero-order valence-corrected chi connectivity index (χ0v) is 11.1. The molecule has 2 aromatic rings. The molecule has 1 aromatic heterocycles. The molecular formula is C13H17N5O. The number of carbonyl (C=O) groups excluding carboxylic acids is 1. The van der Waals surface area contributed by atoms with Crippen LogP contribution in [0.5, 0.6) is 0 Å². The Morgan fingerprint density at radius 3 is 2.89 bits per heavy atom. The fourth-order valence-corrected chi connectivity index (χ4v) is 1.86. The number of nitrogens with zero attached hydrogens (tertiary/aromatic N) is 3. The Morgan fingerprint density at radius 2 is 2.21 bits per heavy atom. The molecule has 19 heavy (non-hydrogen) atoms. The van der Waals surface area contributed by atoms with Crippen LogP contribution in [0.3, 0.4) is 0 Å². The van der Waals surface area contributed by atoms with Crippen LogP contribution in [0.15, 0.2) is 24.3 Å². The summed E-state index contributed by atoms with van der Waals surface area (Å²) in [5, 5.41) is 16.2. The third-order valence-electron chi connectivity index (χ3n) is 3.09. The van der Waals surface area contributed by atoms with Gasteiger partial charge in [-0.1, -0.05) is 37.3 Å². The number of hydrogen-bond acceptors (Lipinski definition) is 4. The Balaban J connectivity index is 2.08. The van der Waals surface area contributed by atoms with Crippen molar-refractivity contribution in [2.45, 2.75) is 32.6 Å². The highest BCUT2D eigenvalue weighted by atomic mass is 16.1. The lowest BCUT2D eigenvalue weighted by molar-refractivity contribution is -0.115. The van der Waals surface area contributed by atoms with Crippen molar-refractivity contribution < 1.29 is 4.79 Å². The van der Waals surface area contributed by atoms with Crippen LogP contribution < -0.4 is 5.32 Å². The minimum absolute atomic E-state index is 0.116. The molecule has 100 valence electrons. The summed E-state index contributed by atoms with van der Waals surface area (Å²) < 4.78 is 0. The molecule has 1 aromatic carbocycles. The van der Waals surface area contributed by atoms with Crippen molar-refractivity contribution in [3.05, 3.63) is 35.7 Å². The number of tetrazole rings is 1. The summed E-state index contributed by atoms with van der Waals surface area (Å²) in [5.41, 5.74) is 2.00. The Kier molecular flexibility index (Phi) is 4.22. The number of anilines is 1. The molecule has 2 N–H and O–H groups in total. The molecule has 0 radical (unpaired) electrons. The molecule has 2 rings (SSSR count). The number of para-hydroxylation sites is 1. The molecule has 0 spiro atoms. The van der Waals surface area contributed by atoms with Gasteiger partial charge < -0.3 is 5.32 Å². The van der Waals surface area contributed by atoms with Crippen molar-refractivity contribution in [2.24, 2.45) is 0 Å². The number of hydrogen-bond donors (Lipinski definition) is 2. The zero-order chi connectivity index (χ0) is 13.7. The third kappa shape index (κ3) is 3.37. The van der Waals surface area contributed by atoms with Gasteiger partial charge in [0.15, 0.2) is 5.82 Å². The van der Waals surface area contributed by atoms with Crippen molar-refractivity contribution in [3.8, 4) is 0 Å². The van der Waals surface area contributed by atoms with Crippen LogP contribution in [0, 0.1) is 0 Å². The predicted molar refractivity (Wildman–Crippen MR) is 71.7 cm³/mol. The van der Waals surface area contributed by atoms with Crippen LogP contribution in [0.2, 0.25) is 0 Å². The molecule has 1 atom stereocenters. The van der Waals surface area contributed by atoms with Gasteiger partial charge >= 0.3 is 0 Å². The van der Waals surface area contributed by atoms with Gasteiger partial charge in [0, 0.05) is 5.69 Å². The van der Waals surface area contributed by atoms with E-state index in [1.54, 1.807) is 0 Å². The van der Waals surface area contributed by atoms with Gasteiger partial charge in [-0.25, -0.2) is 0 Å². The van der Waals surface area contributed by atoms with E-state index in [1.807, 2.05) is 24.3 Å². The maximum Gasteiger partial charge on any atom is 0.232 e. The van der Waals surface area contributed by atoms with Gasteiger partial charge in [0.05, 0.1) is 6.42 Å². The third-order valence-corrected chi connectivity index (χ3v) is 3.09. The molecule has 1 unspecified atom stereocenters. The van der Waals surface area contributed by atoms with E-state index in [-0.39, 0.29) is 12.3 Å². The summed E-state index contributed by atoms with van der Waals surface area (Å²) in [7, 11) is 0. The molecule has 6 heteroatoms. The van der Waals surface area contributed by atoms with Crippen LogP contribution in [-0.4, -0.2) is 26.5 Å². The van der Waals surface area contributed by atoms with Crippen molar-refractivity contribution in [2.75, 3.05) is 5.32 Å². The number of rotatable bonds is 5. The number of nitrogens with one attached hydrogen (secondary N) is 2. The van der Waals surface area contributed by atoms with Gasteiger partial charge in [0.25, 0.3) is 0 Å². The van der Waals surface area contributed by atoms with Gasteiger partial charge in [-0.15, -0.1) is 10.2 Å². The minimum Gasteiger partial charge on any atom is -0.325 e. The average Bonchev–Trinajstić information content (AvgIpc) is 2.91. The topological polar surface area (TPSA) is 83.6 Å². The van der Waals surface area contributed by atoms with Crippen molar-refractivity contribution in [1.82, 2.24) is 20.6 Å². The highest BCUT2D eigenvalue weighted by Gasteiger charge is 2.12. The summed E-state index contributed by atoms with van der Waals surface area (Å²) in [6, 6.07) is 7.85. The highest BCUT2D eigenvalue weighted by molar-refractivity contribution is 5.92. The monoisotopic (exact) mass is 259 g/mol. The first-order chi connectivity index (χ1) is 9.20. The molecule has 1 heterocycles. The van der Waals surface area contributed by atoms with Gasteiger partial charge in [-0.3, -0.25) is 4.79 Å². The Labute approximate surface area is 111 Å². The Bertz CT molecular complexity index is 538. The quantitative estimate of drug-likeness (QED) is 0.859. The van der Waals surface area contributed by atoms with E-state index in [9.17, 15) is 4.79 Å². The lowest BCUT2D eigenvalue weighted by atomic mass is 9.97. The second kappa shape index (κ2) is 6.08. The fourth-order valence-electron chi connectivity index (χ4n) is 1.86. The van der Waals surface area contributed by atoms with Crippen LogP contribution in [0.1, 0.15) is 37.6 Å². The highest BCUT2D eigenvalue weighted by Crippen LogP contribution is 2.26. The maximum atomic E-state index is 11.9. The fraction of sp³-hybridized carbons (Fsp3) is 0.385. The lowest BCUT2D eigenvalue weighted by Gasteiger charge is -2.15. The predicted octanol–water partition coefficient (Wildman–Crippen LogP) is 1.89. The molecule has 1 amide bonds. The van der Waals surface area contributed by atoms with Gasteiger partial charge in [0.2, 0.25) is 5.91 Å². The molecule has 0 aliphatic heterocycles. The Morgan fingerprint density at radius 1 is 1.42 bits per heavy atom. The van der Waals surface area contributed by atoms with Crippen molar-refractivity contribution in [1.29, 1.82) is 0 Å². The van der Waals surface area contributed by atoms with E-state index in [2.05, 4.69) is 39.8 Å². The molecule has 0 aliphatic carbocycles. The van der Waals surface area contributed by atoms with E-state index >= 15 is 0 Å². The normalized spacial score (nSPS) is 12.1. The Hall–Kier alpha value is -2.24. The summed E-state index contributed by atoms with van der Waals surface area (Å²) in [6.07, 6.45) is 1.14. The first-order valence-corrected chi connectivity index (χ1v) is 6.31. The number of H-pyrrole nitrogens is 1. The van der Waals surface area contributed by atoms with E-state index in [0.29, 0.717) is 11.7 Å². The van der Waals surface area contributed by atoms with Gasteiger partial charge in [-0.2, -0.15) is 5.21 Å². The van der Waals surface area contributed by atoms with Crippen LogP contribution in [0.4, 0.5) is 5.69 Å². The summed E-state index contributed by atoms with van der Waals surface area (Å²) >= 11 is 0. The van der Waals surface area contributed by atoms with E-state index < -0.39 is 0 Å². The molecule has 0 bridgehead atoms. The smallest absolute Gasteiger partial charge is 0.232 e. The summed E-state index contributed by atoms with van der Waals surface area (Å²) in [4.78, 5) is 11.9.